The Morgan fingerprint density at radius 2 is 1.69 bits per heavy atom. The van der Waals surface area contributed by atoms with E-state index in [2.05, 4.69) is 6.58 Å². The minimum atomic E-state index is -0.776. The van der Waals surface area contributed by atoms with Gasteiger partial charge in [-0.2, -0.15) is 0 Å². The van der Waals surface area contributed by atoms with Crippen LogP contribution in [0.1, 0.15) is 30.5 Å². The Kier molecular flexibility index (Phi) is 7.68. The number of ether oxygens (including phenoxy) is 2. The number of rotatable bonds is 10. The predicted octanol–water partition coefficient (Wildman–Crippen LogP) is 3.45. The summed E-state index contributed by atoms with van der Waals surface area (Å²) in [7, 11) is 0. The van der Waals surface area contributed by atoms with Crippen LogP contribution in [0.2, 0.25) is 0 Å². The van der Waals surface area contributed by atoms with Crippen LogP contribution in [0.25, 0.3) is 5.76 Å². The smallest absolute Gasteiger partial charge is 0.295 e. The summed E-state index contributed by atoms with van der Waals surface area (Å²) in [6.07, 6.45) is 1.95. The van der Waals surface area contributed by atoms with Crippen LogP contribution >= 0.6 is 0 Å². The van der Waals surface area contributed by atoms with Crippen LogP contribution in [0, 0.1) is 0 Å². The number of carbonyl (C=O) groups excluding carboxylic acids is 2. The highest BCUT2D eigenvalue weighted by atomic mass is 16.5. The lowest BCUT2D eigenvalue weighted by Gasteiger charge is -2.25. The summed E-state index contributed by atoms with van der Waals surface area (Å²) in [5, 5.41) is 20.3. The lowest BCUT2D eigenvalue weighted by atomic mass is 9.95. The third-order valence-corrected chi connectivity index (χ3v) is 5.10. The molecule has 1 unspecified atom stereocenters. The maximum absolute atomic E-state index is 12.9. The SMILES string of the molecule is C=CCOc1ccc(C2/C(=C(/O)c3ccc(OCC)cc3)C(=O)C(=O)N2CCCO)cc1. The Labute approximate surface area is 187 Å². The van der Waals surface area contributed by atoms with Gasteiger partial charge in [-0.25, -0.2) is 0 Å². The first-order valence-corrected chi connectivity index (χ1v) is 10.5. The van der Waals surface area contributed by atoms with Gasteiger partial charge in [0, 0.05) is 18.7 Å². The van der Waals surface area contributed by atoms with Crippen molar-refractivity contribution in [2.24, 2.45) is 0 Å². The number of nitrogens with zero attached hydrogens (tertiary/aromatic N) is 1. The maximum atomic E-state index is 12.9. The largest absolute Gasteiger partial charge is 0.507 e. The highest BCUT2D eigenvalue weighted by Gasteiger charge is 2.45. The second-order valence-corrected chi connectivity index (χ2v) is 7.20. The van der Waals surface area contributed by atoms with Gasteiger partial charge in [-0.3, -0.25) is 9.59 Å². The fourth-order valence-corrected chi connectivity index (χ4v) is 3.63. The van der Waals surface area contributed by atoms with Gasteiger partial charge in [-0.15, -0.1) is 0 Å². The molecule has 0 aliphatic carbocycles. The molecule has 1 fully saturated rings. The first kappa shape index (κ1) is 23.1. The highest BCUT2D eigenvalue weighted by molar-refractivity contribution is 6.46. The van der Waals surface area contributed by atoms with Crippen molar-refractivity contribution in [2.75, 3.05) is 26.4 Å². The van der Waals surface area contributed by atoms with E-state index < -0.39 is 17.7 Å². The van der Waals surface area contributed by atoms with Crippen molar-refractivity contribution < 1.29 is 29.3 Å². The Balaban J connectivity index is 2.04. The number of amides is 1. The minimum Gasteiger partial charge on any atom is -0.507 e. The molecule has 2 aromatic rings. The van der Waals surface area contributed by atoms with E-state index in [1.165, 1.54) is 4.90 Å². The number of carbonyl (C=O) groups is 2. The second-order valence-electron chi connectivity index (χ2n) is 7.20. The molecule has 7 heteroatoms. The molecule has 32 heavy (non-hydrogen) atoms. The van der Waals surface area contributed by atoms with Crippen LogP contribution in [0.3, 0.4) is 0 Å². The topological polar surface area (TPSA) is 96.3 Å². The summed E-state index contributed by atoms with van der Waals surface area (Å²) in [5.74, 6) is -0.462. The van der Waals surface area contributed by atoms with Crippen molar-refractivity contribution >= 4 is 17.4 Å². The Morgan fingerprint density at radius 3 is 2.28 bits per heavy atom. The molecular weight excluding hydrogens is 410 g/mol. The summed E-state index contributed by atoms with van der Waals surface area (Å²) in [4.78, 5) is 27.1. The lowest BCUT2D eigenvalue weighted by molar-refractivity contribution is -0.140. The number of hydrogen-bond donors (Lipinski definition) is 2. The number of benzene rings is 2. The number of aliphatic hydroxyl groups excluding tert-OH is 2. The van der Waals surface area contributed by atoms with E-state index in [4.69, 9.17) is 9.47 Å². The average molecular weight is 437 g/mol. The van der Waals surface area contributed by atoms with Gasteiger partial charge in [-0.1, -0.05) is 24.8 Å². The average Bonchev–Trinajstić information content (AvgIpc) is 3.06. The highest BCUT2D eigenvalue weighted by Crippen LogP contribution is 2.40. The van der Waals surface area contributed by atoms with Crippen molar-refractivity contribution in [3.63, 3.8) is 0 Å². The van der Waals surface area contributed by atoms with Gasteiger partial charge in [-0.05, 0) is 55.3 Å². The van der Waals surface area contributed by atoms with Crippen molar-refractivity contribution in [3.8, 4) is 11.5 Å². The lowest BCUT2D eigenvalue weighted by Crippen LogP contribution is -2.31. The molecule has 0 bridgehead atoms. The quantitative estimate of drug-likeness (QED) is 0.256. The van der Waals surface area contributed by atoms with Gasteiger partial charge in [0.1, 0.15) is 23.9 Å². The fourth-order valence-electron chi connectivity index (χ4n) is 3.63. The summed E-state index contributed by atoms with van der Waals surface area (Å²) in [5.41, 5.74) is 1.07. The van der Waals surface area contributed by atoms with Gasteiger partial charge in [0.2, 0.25) is 0 Å². The van der Waals surface area contributed by atoms with E-state index in [1.807, 2.05) is 6.92 Å². The second kappa shape index (κ2) is 10.6. The summed E-state index contributed by atoms with van der Waals surface area (Å²) in [6.45, 7) is 6.41. The van der Waals surface area contributed by atoms with Gasteiger partial charge in [0.25, 0.3) is 11.7 Å². The molecule has 0 aromatic heterocycles. The molecule has 7 nitrogen and oxygen atoms in total. The Hall–Kier alpha value is -3.58. The molecule has 0 saturated carbocycles. The van der Waals surface area contributed by atoms with E-state index in [1.54, 1.807) is 54.6 Å². The third kappa shape index (κ3) is 4.84. The molecule has 0 spiro atoms. The van der Waals surface area contributed by atoms with E-state index in [-0.39, 0.29) is 24.5 Å². The number of likely N-dealkylation sites (tertiary alicyclic amines) is 1. The molecule has 1 aliphatic heterocycles. The van der Waals surface area contributed by atoms with Gasteiger partial charge < -0.3 is 24.6 Å². The summed E-state index contributed by atoms with van der Waals surface area (Å²) < 4.78 is 10.9. The van der Waals surface area contributed by atoms with Crippen molar-refractivity contribution in [1.82, 2.24) is 4.90 Å². The number of aliphatic hydroxyl groups is 2. The Bertz CT molecular complexity index is 994. The van der Waals surface area contributed by atoms with Crippen LogP contribution in [0.5, 0.6) is 11.5 Å². The van der Waals surface area contributed by atoms with E-state index in [0.717, 1.165) is 0 Å². The van der Waals surface area contributed by atoms with E-state index >= 15 is 0 Å². The zero-order valence-corrected chi connectivity index (χ0v) is 18.0. The first-order valence-electron chi connectivity index (χ1n) is 10.5. The fraction of sp³-hybridized carbons (Fsp3) is 0.280. The Morgan fingerprint density at radius 1 is 1.06 bits per heavy atom. The van der Waals surface area contributed by atoms with Crippen LogP contribution < -0.4 is 9.47 Å². The molecule has 3 rings (SSSR count). The molecule has 2 aromatic carbocycles. The minimum absolute atomic E-state index is 0.0110. The molecule has 2 N–H and O–H groups in total. The summed E-state index contributed by atoms with van der Waals surface area (Å²) in [6, 6.07) is 12.9. The number of hydrogen-bond acceptors (Lipinski definition) is 6. The molecular formula is C25H27NO6. The van der Waals surface area contributed by atoms with Crippen molar-refractivity contribution in [1.29, 1.82) is 0 Å². The monoisotopic (exact) mass is 437 g/mol. The maximum Gasteiger partial charge on any atom is 0.295 e. The zero-order valence-electron chi connectivity index (χ0n) is 18.0. The van der Waals surface area contributed by atoms with E-state index in [0.29, 0.717) is 42.3 Å². The van der Waals surface area contributed by atoms with Crippen LogP contribution in [0.4, 0.5) is 0 Å². The molecule has 1 heterocycles. The number of Topliss-reactive ketones (excluding diaryl/α,β-unsaturated/α-hetero) is 1. The van der Waals surface area contributed by atoms with Crippen LogP contribution in [-0.4, -0.2) is 53.2 Å². The standard InChI is InChI=1S/C25H27NO6/c1-3-16-32-20-10-6-17(7-11-20)22-21(24(29)25(30)26(22)14-5-15-27)23(28)18-8-12-19(13-9-18)31-4-2/h3,6-13,22,27-28H,1,4-5,14-16H2,2H3/b23-21-. The summed E-state index contributed by atoms with van der Waals surface area (Å²) >= 11 is 0. The van der Waals surface area contributed by atoms with Gasteiger partial charge in [0.15, 0.2) is 0 Å². The third-order valence-electron chi connectivity index (χ3n) is 5.10. The van der Waals surface area contributed by atoms with Gasteiger partial charge in [0.05, 0.1) is 18.2 Å². The van der Waals surface area contributed by atoms with Crippen LogP contribution in [-0.2, 0) is 9.59 Å². The molecule has 0 radical (unpaired) electrons. The molecule has 1 amide bonds. The van der Waals surface area contributed by atoms with E-state index in [9.17, 15) is 19.8 Å². The van der Waals surface area contributed by atoms with Gasteiger partial charge >= 0.3 is 0 Å². The van der Waals surface area contributed by atoms with Crippen molar-refractivity contribution in [3.05, 3.63) is 77.9 Å². The molecule has 168 valence electrons. The predicted molar refractivity (Wildman–Crippen MR) is 120 cm³/mol. The van der Waals surface area contributed by atoms with Crippen LogP contribution in [0.15, 0.2) is 66.8 Å². The molecule has 1 saturated heterocycles. The molecule has 1 aliphatic rings. The number of ketones is 1. The normalized spacial score (nSPS) is 17.4. The first-order chi connectivity index (χ1) is 15.5. The molecule has 1 atom stereocenters. The zero-order chi connectivity index (χ0) is 23.1. The van der Waals surface area contributed by atoms with Crippen molar-refractivity contribution in [2.45, 2.75) is 19.4 Å².